The van der Waals surface area contributed by atoms with Crippen LogP contribution in [0.25, 0.3) is 5.76 Å². The van der Waals surface area contributed by atoms with E-state index >= 15 is 0 Å². The van der Waals surface area contributed by atoms with Crippen molar-refractivity contribution in [2.75, 3.05) is 13.7 Å². The first-order chi connectivity index (χ1) is 19.5. The molecule has 4 aromatic rings. The summed E-state index contributed by atoms with van der Waals surface area (Å²) in [5.41, 5.74) is 1.60. The topological polar surface area (TPSA) is 93.9 Å². The number of imidazole rings is 1. The number of amides is 1. The minimum absolute atomic E-state index is 0.000792. The number of Topliss-reactive ketones (excluding diaryl/α,β-unsaturated/α-hetero) is 1. The Morgan fingerprint density at radius 1 is 1.02 bits per heavy atom. The van der Waals surface area contributed by atoms with Crippen LogP contribution in [0.2, 0.25) is 0 Å². The van der Waals surface area contributed by atoms with E-state index in [0.717, 1.165) is 11.6 Å². The average molecular weight is 542 g/mol. The average Bonchev–Trinajstić information content (AvgIpc) is 3.59. The fourth-order valence-corrected chi connectivity index (χ4v) is 4.76. The number of nitrogens with zero attached hydrogens (tertiary/aromatic N) is 3. The van der Waals surface area contributed by atoms with Crippen LogP contribution >= 0.6 is 0 Å². The Balaban J connectivity index is 1.46. The highest BCUT2D eigenvalue weighted by Crippen LogP contribution is 2.40. The molecule has 0 spiro atoms. The van der Waals surface area contributed by atoms with Gasteiger partial charge in [-0.15, -0.1) is 0 Å². The molecule has 5 rings (SSSR count). The quantitative estimate of drug-likeness (QED) is 0.170. The molecule has 2 heterocycles. The maximum absolute atomic E-state index is 14.5. The lowest BCUT2D eigenvalue weighted by molar-refractivity contribution is -0.139. The second-order valence-corrected chi connectivity index (χ2v) is 9.34. The van der Waals surface area contributed by atoms with Crippen molar-refractivity contribution in [2.24, 2.45) is 0 Å². The molecule has 1 saturated heterocycles. The number of ether oxygens (including phenoxy) is 2. The molecule has 1 N–H and O–H groups in total. The highest BCUT2D eigenvalue weighted by atomic mass is 19.1. The standard InChI is InChI=1S/C31H28FN3O5/c1-39-26-13-10-23(18-25(26)32)29(36)27-28(35(31(38)30(27)37)16-5-15-34-17-14-33-20-34)22-8-11-24(12-9-22)40-19-21-6-3-2-4-7-21/h2-4,6-14,17-18,20,28,36H,5,15-16,19H2,1H3. The van der Waals surface area contributed by atoms with Crippen LogP contribution in [0.15, 0.2) is 97.1 Å². The molecule has 204 valence electrons. The third kappa shape index (κ3) is 5.58. The first kappa shape index (κ1) is 26.7. The van der Waals surface area contributed by atoms with Gasteiger partial charge in [0.2, 0.25) is 0 Å². The fraction of sp³-hybridized carbons (Fsp3) is 0.194. The van der Waals surface area contributed by atoms with E-state index in [1.54, 1.807) is 36.8 Å². The number of benzene rings is 3. The summed E-state index contributed by atoms with van der Waals surface area (Å²) in [6, 6.07) is 19.8. The van der Waals surface area contributed by atoms with E-state index in [1.807, 2.05) is 41.1 Å². The Kier molecular flexibility index (Phi) is 7.91. The van der Waals surface area contributed by atoms with E-state index in [4.69, 9.17) is 9.47 Å². The van der Waals surface area contributed by atoms with Crippen molar-refractivity contribution in [3.8, 4) is 11.5 Å². The van der Waals surface area contributed by atoms with Gasteiger partial charge in [0, 0.05) is 31.0 Å². The molecule has 1 aliphatic heterocycles. The van der Waals surface area contributed by atoms with Crippen molar-refractivity contribution in [1.29, 1.82) is 0 Å². The van der Waals surface area contributed by atoms with Gasteiger partial charge in [0.25, 0.3) is 11.7 Å². The molecule has 40 heavy (non-hydrogen) atoms. The summed E-state index contributed by atoms with van der Waals surface area (Å²) in [7, 11) is 1.33. The SMILES string of the molecule is COc1ccc(C(O)=C2C(=O)C(=O)N(CCCn3ccnc3)C2c2ccc(OCc3ccccc3)cc2)cc1F. The van der Waals surface area contributed by atoms with Crippen LogP contribution in [0.3, 0.4) is 0 Å². The Morgan fingerprint density at radius 3 is 2.48 bits per heavy atom. The minimum Gasteiger partial charge on any atom is -0.507 e. The van der Waals surface area contributed by atoms with E-state index in [1.165, 1.54) is 24.1 Å². The molecule has 0 aliphatic carbocycles. The second kappa shape index (κ2) is 11.9. The van der Waals surface area contributed by atoms with Gasteiger partial charge in [0.05, 0.1) is 25.1 Å². The fourth-order valence-electron chi connectivity index (χ4n) is 4.76. The van der Waals surface area contributed by atoms with Crippen molar-refractivity contribution < 1.29 is 28.6 Å². The minimum atomic E-state index is -0.865. The number of hydrogen-bond donors (Lipinski definition) is 1. The van der Waals surface area contributed by atoms with E-state index < -0.39 is 29.3 Å². The number of aliphatic hydroxyl groups excluding tert-OH is 1. The molecule has 8 nitrogen and oxygen atoms in total. The van der Waals surface area contributed by atoms with Gasteiger partial charge in [-0.2, -0.15) is 0 Å². The number of carbonyl (C=O) groups excluding carboxylic acids is 2. The van der Waals surface area contributed by atoms with Crippen molar-refractivity contribution in [1.82, 2.24) is 14.5 Å². The number of rotatable bonds is 10. The van der Waals surface area contributed by atoms with Crippen LogP contribution in [0.5, 0.6) is 11.5 Å². The van der Waals surface area contributed by atoms with Crippen molar-refractivity contribution >= 4 is 17.4 Å². The van der Waals surface area contributed by atoms with Crippen LogP contribution < -0.4 is 9.47 Å². The monoisotopic (exact) mass is 541 g/mol. The third-order valence-corrected chi connectivity index (χ3v) is 6.78. The predicted molar refractivity (Wildman–Crippen MR) is 146 cm³/mol. The molecule has 1 aromatic heterocycles. The summed E-state index contributed by atoms with van der Waals surface area (Å²) in [4.78, 5) is 32.0. The number of aryl methyl sites for hydroxylation is 1. The highest BCUT2D eigenvalue weighted by Gasteiger charge is 2.45. The molecule has 1 aliphatic rings. The molecule has 3 aromatic carbocycles. The highest BCUT2D eigenvalue weighted by molar-refractivity contribution is 6.46. The molecule has 0 bridgehead atoms. The number of hydrogen-bond acceptors (Lipinski definition) is 6. The summed E-state index contributed by atoms with van der Waals surface area (Å²) in [5.74, 6) is -2.09. The molecule has 0 radical (unpaired) electrons. The molecule has 1 amide bonds. The number of ketones is 1. The van der Waals surface area contributed by atoms with E-state index in [2.05, 4.69) is 4.98 Å². The summed E-state index contributed by atoms with van der Waals surface area (Å²) < 4.78 is 27.2. The summed E-state index contributed by atoms with van der Waals surface area (Å²) in [6.45, 7) is 1.23. The molecule has 1 atom stereocenters. The van der Waals surface area contributed by atoms with Crippen LogP contribution in [0.1, 0.15) is 29.2 Å². The van der Waals surface area contributed by atoms with Crippen LogP contribution in [-0.4, -0.2) is 44.9 Å². The van der Waals surface area contributed by atoms with Crippen LogP contribution in [0, 0.1) is 5.82 Å². The van der Waals surface area contributed by atoms with Gasteiger partial charge in [-0.3, -0.25) is 9.59 Å². The zero-order chi connectivity index (χ0) is 28.1. The Morgan fingerprint density at radius 2 is 1.80 bits per heavy atom. The predicted octanol–water partition coefficient (Wildman–Crippen LogP) is 5.12. The summed E-state index contributed by atoms with van der Waals surface area (Å²) >= 11 is 0. The number of methoxy groups -OCH3 is 1. The summed E-state index contributed by atoms with van der Waals surface area (Å²) in [5, 5.41) is 11.2. The van der Waals surface area contributed by atoms with Gasteiger partial charge >= 0.3 is 0 Å². The first-order valence-corrected chi connectivity index (χ1v) is 12.8. The van der Waals surface area contributed by atoms with Gasteiger partial charge in [0.1, 0.15) is 18.1 Å². The molecular weight excluding hydrogens is 513 g/mol. The van der Waals surface area contributed by atoms with Gasteiger partial charge in [0.15, 0.2) is 11.6 Å². The van der Waals surface area contributed by atoms with Gasteiger partial charge in [-0.25, -0.2) is 9.37 Å². The molecule has 1 unspecified atom stereocenters. The maximum Gasteiger partial charge on any atom is 0.295 e. The number of aliphatic hydroxyl groups is 1. The summed E-state index contributed by atoms with van der Waals surface area (Å²) in [6.07, 6.45) is 5.72. The largest absolute Gasteiger partial charge is 0.507 e. The number of aromatic nitrogens is 2. The van der Waals surface area contributed by atoms with Crippen LogP contribution in [0.4, 0.5) is 4.39 Å². The maximum atomic E-state index is 14.5. The lowest BCUT2D eigenvalue weighted by Crippen LogP contribution is -2.31. The third-order valence-electron chi connectivity index (χ3n) is 6.78. The molecular formula is C31H28FN3O5. The smallest absolute Gasteiger partial charge is 0.295 e. The van der Waals surface area contributed by atoms with E-state index in [0.29, 0.717) is 30.9 Å². The van der Waals surface area contributed by atoms with E-state index in [9.17, 15) is 19.1 Å². The zero-order valence-electron chi connectivity index (χ0n) is 21.9. The Labute approximate surface area is 230 Å². The number of halogens is 1. The van der Waals surface area contributed by atoms with E-state index in [-0.39, 0.29) is 23.4 Å². The van der Waals surface area contributed by atoms with Gasteiger partial charge < -0.3 is 24.0 Å². The molecule has 0 saturated carbocycles. The number of carbonyl (C=O) groups is 2. The Bertz CT molecular complexity index is 1520. The normalized spacial score (nSPS) is 16.4. The van der Waals surface area contributed by atoms with Crippen LogP contribution in [-0.2, 0) is 22.7 Å². The Hall–Kier alpha value is -4.92. The van der Waals surface area contributed by atoms with Gasteiger partial charge in [-0.05, 0) is 47.9 Å². The zero-order valence-corrected chi connectivity index (χ0v) is 21.9. The van der Waals surface area contributed by atoms with Crippen molar-refractivity contribution in [3.63, 3.8) is 0 Å². The van der Waals surface area contributed by atoms with Crippen molar-refractivity contribution in [3.05, 3.63) is 120 Å². The lowest BCUT2D eigenvalue weighted by atomic mass is 9.95. The second-order valence-electron chi connectivity index (χ2n) is 9.34. The molecule has 1 fully saturated rings. The lowest BCUT2D eigenvalue weighted by Gasteiger charge is -2.25. The first-order valence-electron chi connectivity index (χ1n) is 12.8. The van der Waals surface area contributed by atoms with Crippen molar-refractivity contribution in [2.45, 2.75) is 25.6 Å². The van der Waals surface area contributed by atoms with Gasteiger partial charge in [-0.1, -0.05) is 42.5 Å². The number of likely N-dealkylation sites (tertiary alicyclic amines) is 1. The molecule has 9 heteroatoms.